The zero-order valence-corrected chi connectivity index (χ0v) is 14.1. The summed E-state index contributed by atoms with van der Waals surface area (Å²) in [7, 11) is 0. The Morgan fingerprint density at radius 3 is 2.68 bits per heavy atom. The molecule has 0 N–H and O–H groups in total. The molecule has 118 valence electrons. The van der Waals surface area contributed by atoms with E-state index in [9.17, 15) is 10.1 Å². The van der Waals surface area contributed by atoms with Crippen LogP contribution in [0.15, 0.2) is 32.8 Å². The van der Waals surface area contributed by atoms with Crippen molar-refractivity contribution >= 4 is 52.2 Å². The lowest BCUT2D eigenvalue weighted by Gasteiger charge is -2.22. The largest absolute Gasteiger partial charge is 0.348 e. The molecule has 0 aliphatic carbocycles. The molecular weight excluding hydrogens is 374 g/mol. The lowest BCUT2D eigenvalue weighted by Crippen LogP contribution is -2.40. The fourth-order valence-electron chi connectivity index (χ4n) is 2.04. The molecule has 0 spiro atoms. The number of halogens is 4. The number of nitrogens with zero attached hydrogens (tertiary/aromatic N) is 4. The van der Waals surface area contributed by atoms with Crippen molar-refractivity contribution < 1.29 is 4.92 Å². The summed E-state index contributed by atoms with van der Waals surface area (Å²) in [5.74, 6) is 0.226. The highest BCUT2D eigenvalue weighted by Crippen LogP contribution is 2.26. The molecule has 6 nitrogen and oxygen atoms in total. The third-order valence-electron chi connectivity index (χ3n) is 3.01. The van der Waals surface area contributed by atoms with Crippen molar-refractivity contribution in [3.8, 4) is 0 Å². The maximum absolute atomic E-state index is 11.3. The molecular formula is C12H10Cl4N4O2. The zero-order valence-electron chi connectivity index (χ0n) is 11.0. The Balaban J connectivity index is 2.23. The molecule has 2 rings (SSSR count). The topological polar surface area (TPSA) is 71.6 Å². The van der Waals surface area contributed by atoms with Gasteiger partial charge in [-0.25, -0.2) is 4.98 Å². The first-order chi connectivity index (χ1) is 10.4. The highest BCUT2D eigenvalue weighted by Gasteiger charge is 2.38. The van der Waals surface area contributed by atoms with E-state index in [1.807, 2.05) is 0 Å². The van der Waals surface area contributed by atoms with Gasteiger partial charge in [0.25, 0.3) is 0 Å². The maximum Gasteiger partial charge on any atom is 0.306 e. The first-order valence-corrected chi connectivity index (χ1v) is 7.65. The molecule has 1 aliphatic rings. The average Bonchev–Trinajstić information content (AvgIpc) is 2.89. The molecule has 0 amide bonds. The summed E-state index contributed by atoms with van der Waals surface area (Å²) >= 11 is 22.8. The van der Waals surface area contributed by atoms with E-state index in [2.05, 4.69) is 9.98 Å². The van der Waals surface area contributed by atoms with Crippen molar-refractivity contribution in [2.75, 3.05) is 13.1 Å². The summed E-state index contributed by atoms with van der Waals surface area (Å²) < 4.78 is -0.342. The maximum atomic E-state index is 11.3. The number of aromatic nitrogens is 1. The standard InChI is InChI=1S/C12H10Cl4N4O2/c13-8-2-1-7(5-18-8)6-19-4-3-17-12(19)10(20(21)22)9(14)11(15)16/h1-2,5,10H,3-4,6H2. The van der Waals surface area contributed by atoms with Gasteiger partial charge in [0.2, 0.25) is 0 Å². The molecule has 22 heavy (non-hydrogen) atoms. The minimum absolute atomic E-state index is 0.226. The number of aliphatic imine (C=N–C) groups is 1. The predicted octanol–water partition coefficient (Wildman–Crippen LogP) is 3.48. The van der Waals surface area contributed by atoms with Crippen LogP contribution in [0.2, 0.25) is 5.15 Å². The van der Waals surface area contributed by atoms with Crippen molar-refractivity contribution in [1.29, 1.82) is 0 Å². The van der Waals surface area contributed by atoms with E-state index in [1.54, 1.807) is 23.2 Å². The first-order valence-electron chi connectivity index (χ1n) is 6.14. The second-order valence-corrected chi connectivity index (χ2v) is 6.19. The number of hydrogen-bond acceptors (Lipinski definition) is 5. The Bertz CT molecular complexity index is 629. The number of nitro groups is 1. The van der Waals surface area contributed by atoms with E-state index in [1.165, 1.54) is 0 Å². The van der Waals surface area contributed by atoms with Crippen molar-refractivity contribution in [3.05, 3.63) is 48.7 Å². The van der Waals surface area contributed by atoms with Gasteiger partial charge in [0, 0.05) is 24.2 Å². The van der Waals surface area contributed by atoms with Crippen LogP contribution in [0, 0.1) is 10.1 Å². The summed E-state index contributed by atoms with van der Waals surface area (Å²) in [5, 5.41) is 11.4. The third kappa shape index (κ3) is 4.01. The van der Waals surface area contributed by atoms with Gasteiger partial charge in [-0.15, -0.1) is 0 Å². The van der Waals surface area contributed by atoms with Gasteiger partial charge >= 0.3 is 6.04 Å². The molecule has 1 atom stereocenters. The van der Waals surface area contributed by atoms with Gasteiger partial charge in [-0.05, 0) is 11.6 Å². The van der Waals surface area contributed by atoms with Crippen LogP contribution in [-0.2, 0) is 6.54 Å². The summed E-state index contributed by atoms with van der Waals surface area (Å²) in [6.07, 6.45) is 1.60. The summed E-state index contributed by atoms with van der Waals surface area (Å²) in [6.45, 7) is 1.37. The highest BCUT2D eigenvalue weighted by molar-refractivity contribution is 6.59. The third-order valence-corrected chi connectivity index (χ3v) is 4.23. The second-order valence-electron chi connectivity index (χ2n) is 4.45. The van der Waals surface area contributed by atoms with Gasteiger partial charge in [-0.3, -0.25) is 15.1 Å². The van der Waals surface area contributed by atoms with Crippen molar-refractivity contribution in [3.63, 3.8) is 0 Å². The highest BCUT2D eigenvalue weighted by atomic mass is 35.5. The van der Waals surface area contributed by atoms with Crippen LogP contribution in [0.1, 0.15) is 5.56 Å². The van der Waals surface area contributed by atoms with Gasteiger partial charge in [0.15, 0.2) is 5.84 Å². The fraction of sp³-hybridized carbons (Fsp3) is 0.333. The van der Waals surface area contributed by atoms with Crippen LogP contribution in [0.3, 0.4) is 0 Å². The van der Waals surface area contributed by atoms with Gasteiger partial charge in [0.05, 0.1) is 6.54 Å². The minimum atomic E-state index is -1.38. The summed E-state index contributed by atoms with van der Waals surface area (Å²) in [4.78, 5) is 20.6. The van der Waals surface area contributed by atoms with E-state index in [0.29, 0.717) is 24.8 Å². The van der Waals surface area contributed by atoms with Gasteiger partial charge in [0.1, 0.15) is 14.7 Å². The Morgan fingerprint density at radius 1 is 1.41 bits per heavy atom. The molecule has 2 heterocycles. The smallest absolute Gasteiger partial charge is 0.306 e. The van der Waals surface area contributed by atoms with E-state index in [0.717, 1.165) is 5.56 Å². The molecule has 0 fully saturated rings. The number of amidine groups is 1. The summed E-state index contributed by atoms with van der Waals surface area (Å²) in [5.41, 5.74) is 0.846. The van der Waals surface area contributed by atoms with E-state index in [4.69, 9.17) is 46.4 Å². The molecule has 1 aromatic rings. The SMILES string of the molecule is O=[N+]([O-])C(C1=NCCN1Cc1ccc(Cl)nc1)C(Cl)=C(Cl)Cl. The lowest BCUT2D eigenvalue weighted by molar-refractivity contribution is -0.492. The van der Waals surface area contributed by atoms with Gasteiger partial charge in [-0.2, -0.15) is 0 Å². The lowest BCUT2D eigenvalue weighted by atomic mass is 10.2. The Hall–Kier alpha value is -1.08. The molecule has 1 aromatic heterocycles. The normalized spacial score (nSPS) is 15.5. The Kier molecular flexibility index (Phi) is 5.86. The van der Waals surface area contributed by atoms with E-state index >= 15 is 0 Å². The van der Waals surface area contributed by atoms with Crippen LogP contribution in [-0.4, -0.2) is 39.8 Å². The van der Waals surface area contributed by atoms with Gasteiger partial charge in [-0.1, -0.05) is 52.5 Å². The Morgan fingerprint density at radius 2 is 2.14 bits per heavy atom. The quantitative estimate of drug-likeness (QED) is 0.443. The predicted molar refractivity (Wildman–Crippen MR) is 87.3 cm³/mol. The first kappa shape index (κ1) is 17.3. The molecule has 0 saturated heterocycles. The molecule has 0 aromatic carbocycles. The molecule has 0 bridgehead atoms. The summed E-state index contributed by atoms with van der Waals surface area (Å²) in [6, 6.07) is 2.06. The molecule has 0 saturated carbocycles. The average molecular weight is 384 g/mol. The molecule has 1 aliphatic heterocycles. The van der Waals surface area contributed by atoms with Crippen molar-refractivity contribution in [2.24, 2.45) is 4.99 Å². The number of hydrogen-bond donors (Lipinski definition) is 0. The second kappa shape index (κ2) is 7.46. The fourth-order valence-corrected chi connectivity index (χ4v) is 2.54. The molecule has 10 heteroatoms. The van der Waals surface area contributed by atoms with E-state index < -0.39 is 11.0 Å². The van der Waals surface area contributed by atoms with Crippen LogP contribution in [0.5, 0.6) is 0 Å². The molecule has 1 unspecified atom stereocenters. The zero-order chi connectivity index (χ0) is 16.3. The van der Waals surface area contributed by atoms with Crippen molar-refractivity contribution in [1.82, 2.24) is 9.88 Å². The van der Waals surface area contributed by atoms with Crippen molar-refractivity contribution in [2.45, 2.75) is 12.6 Å². The van der Waals surface area contributed by atoms with Gasteiger partial charge < -0.3 is 4.90 Å². The number of pyridine rings is 1. The minimum Gasteiger partial charge on any atom is -0.348 e. The monoisotopic (exact) mass is 382 g/mol. The van der Waals surface area contributed by atoms with Crippen LogP contribution >= 0.6 is 46.4 Å². The Labute approximate surface area is 146 Å². The van der Waals surface area contributed by atoms with E-state index in [-0.39, 0.29) is 15.4 Å². The van der Waals surface area contributed by atoms with Crippen LogP contribution in [0.4, 0.5) is 0 Å². The van der Waals surface area contributed by atoms with Crippen LogP contribution < -0.4 is 0 Å². The van der Waals surface area contributed by atoms with Crippen LogP contribution in [0.25, 0.3) is 0 Å². The molecule has 0 radical (unpaired) electrons. The number of rotatable bonds is 5.